The Morgan fingerprint density at radius 1 is 1.14 bits per heavy atom. The normalized spacial score (nSPS) is 25.0. The van der Waals surface area contributed by atoms with Gasteiger partial charge in [0.25, 0.3) is 0 Å². The minimum Gasteiger partial charge on any atom is -0.478 e. The fourth-order valence-corrected chi connectivity index (χ4v) is 3.20. The molecule has 1 aliphatic carbocycles. The number of carbonyl (C=O) groups excluding carboxylic acids is 1. The van der Waals surface area contributed by atoms with E-state index in [2.05, 4.69) is 20.8 Å². The van der Waals surface area contributed by atoms with Crippen LogP contribution in [-0.4, -0.2) is 23.1 Å². The molecule has 0 saturated heterocycles. The van der Waals surface area contributed by atoms with E-state index in [9.17, 15) is 9.59 Å². The zero-order valence-corrected chi connectivity index (χ0v) is 13.4. The maximum absolute atomic E-state index is 12.3. The standard InChI is InChI=1S/C18H24O4/c1-11(2)15-9-4-12(3)10-16(15)22-18(21)14-7-5-13(6-8-14)17(19)20/h5-8,11-12,15-16H,4,9-10H2,1-3H3,(H,19,20)/t12-,15+,16-/m1/s1. The van der Waals surface area contributed by atoms with Crippen LogP contribution in [0, 0.1) is 17.8 Å². The fraction of sp³-hybridized carbons (Fsp3) is 0.556. The smallest absolute Gasteiger partial charge is 0.338 e. The van der Waals surface area contributed by atoms with Gasteiger partial charge in [0.1, 0.15) is 6.10 Å². The van der Waals surface area contributed by atoms with Crippen molar-refractivity contribution in [1.82, 2.24) is 0 Å². The van der Waals surface area contributed by atoms with E-state index in [1.54, 1.807) is 0 Å². The fourth-order valence-electron chi connectivity index (χ4n) is 3.20. The molecule has 0 bridgehead atoms. The Labute approximate surface area is 131 Å². The van der Waals surface area contributed by atoms with Crippen molar-refractivity contribution in [3.05, 3.63) is 35.4 Å². The molecule has 1 aromatic carbocycles. The molecule has 1 saturated carbocycles. The van der Waals surface area contributed by atoms with Crippen molar-refractivity contribution in [2.24, 2.45) is 17.8 Å². The number of aromatic carboxylic acids is 1. The van der Waals surface area contributed by atoms with Crippen LogP contribution in [0.3, 0.4) is 0 Å². The van der Waals surface area contributed by atoms with Gasteiger partial charge in [-0.2, -0.15) is 0 Å². The molecule has 0 unspecified atom stereocenters. The van der Waals surface area contributed by atoms with Gasteiger partial charge >= 0.3 is 11.9 Å². The molecule has 0 amide bonds. The average molecular weight is 304 g/mol. The summed E-state index contributed by atoms with van der Waals surface area (Å²) in [4.78, 5) is 23.1. The number of esters is 1. The number of hydrogen-bond donors (Lipinski definition) is 1. The maximum Gasteiger partial charge on any atom is 0.338 e. The third-order valence-corrected chi connectivity index (χ3v) is 4.59. The molecule has 1 fully saturated rings. The van der Waals surface area contributed by atoms with Crippen molar-refractivity contribution in [1.29, 1.82) is 0 Å². The number of rotatable bonds is 4. The molecule has 120 valence electrons. The Morgan fingerprint density at radius 3 is 2.27 bits per heavy atom. The highest BCUT2D eigenvalue weighted by Gasteiger charge is 2.33. The van der Waals surface area contributed by atoms with Gasteiger partial charge in [-0.15, -0.1) is 0 Å². The largest absolute Gasteiger partial charge is 0.478 e. The van der Waals surface area contributed by atoms with Crippen LogP contribution in [0.15, 0.2) is 24.3 Å². The summed E-state index contributed by atoms with van der Waals surface area (Å²) < 4.78 is 5.74. The first-order chi connectivity index (χ1) is 10.4. The van der Waals surface area contributed by atoms with Crippen LogP contribution in [0.5, 0.6) is 0 Å². The average Bonchev–Trinajstić information content (AvgIpc) is 2.47. The van der Waals surface area contributed by atoms with Crippen LogP contribution in [0.1, 0.15) is 60.7 Å². The zero-order chi connectivity index (χ0) is 16.3. The van der Waals surface area contributed by atoms with Crippen LogP contribution in [0.25, 0.3) is 0 Å². The van der Waals surface area contributed by atoms with Crippen molar-refractivity contribution in [3.8, 4) is 0 Å². The number of carbonyl (C=O) groups is 2. The van der Waals surface area contributed by atoms with Gasteiger partial charge in [-0.25, -0.2) is 9.59 Å². The van der Waals surface area contributed by atoms with Crippen LogP contribution in [0.4, 0.5) is 0 Å². The molecule has 2 rings (SSSR count). The van der Waals surface area contributed by atoms with E-state index in [4.69, 9.17) is 9.84 Å². The highest BCUT2D eigenvalue weighted by atomic mass is 16.5. The van der Waals surface area contributed by atoms with E-state index in [0.717, 1.165) is 12.8 Å². The van der Waals surface area contributed by atoms with Gasteiger partial charge in [0.05, 0.1) is 11.1 Å². The van der Waals surface area contributed by atoms with Gasteiger partial charge in [-0.1, -0.05) is 27.2 Å². The molecule has 0 spiro atoms. The molecule has 1 aromatic rings. The molecule has 4 nitrogen and oxygen atoms in total. The first kappa shape index (κ1) is 16.5. The lowest BCUT2D eigenvalue weighted by Crippen LogP contribution is -2.35. The van der Waals surface area contributed by atoms with Crippen molar-refractivity contribution in [3.63, 3.8) is 0 Å². The summed E-state index contributed by atoms with van der Waals surface area (Å²) in [6.45, 7) is 6.53. The van der Waals surface area contributed by atoms with Gasteiger partial charge in [0, 0.05) is 0 Å². The molecule has 0 aromatic heterocycles. The molecular weight excluding hydrogens is 280 g/mol. The van der Waals surface area contributed by atoms with E-state index in [0.29, 0.717) is 23.3 Å². The molecule has 0 radical (unpaired) electrons. The van der Waals surface area contributed by atoms with Crippen molar-refractivity contribution in [2.45, 2.75) is 46.1 Å². The maximum atomic E-state index is 12.3. The summed E-state index contributed by atoms with van der Waals surface area (Å²) in [7, 11) is 0. The first-order valence-corrected chi connectivity index (χ1v) is 7.92. The third-order valence-electron chi connectivity index (χ3n) is 4.59. The van der Waals surface area contributed by atoms with Gasteiger partial charge in [-0.05, 0) is 54.9 Å². The Hall–Kier alpha value is -1.84. The Kier molecular flexibility index (Phi) is 5.22. The van der Waals surface area contributed by atoms with Crippen LogP contribution in [0.2, 0.25) is 0 Å². The highest BCUT2D eigenvalue weighted by Crippen LogP contribution is 2.35. The van der Waals surface area contributed by atoms with Crippen molar-refractivity contribution >= 4 is 11.9 Å². The van der Waals surface area contributed by atoms with E-state index in [-0.39, 0.29) is 17.6 Å². The predicted octanol–water partition coefficient (Wildman–Crippen LogP) is 4.00. The monoisotopic (exact) mass is 304 g/mol. The lowest BCUT2D eigenvalue weighted by molar-refractivity contribution is -0.0174. The highest BCUT2D eigenvalue weighted by molar-refractivity contribution is 5.92. The summed E-state index contributed by atoms with van der Waals surface area (Å²) in [5.74, 6) is 0.0999. The molecule has 22 heavy (non-hydrogen) atoms. The van der Waals surface area contributed by atoms with Crippen LogP contribution in [-0.2, 0) is 4.74 Å². The van der Waals surface area contributed by atoms with E-state index in [1.165, 1.54) is 30.7 Å². The molecule has 1 aliphatic rings. The molecule has 0 aliphatic heterocycles. The quantitative estimate of drug-likeness (QED) is 0.854. The predicted molar refractivity (Wildman–Crippen MR) is 83.9 cm³/mol. The Balaban J connectivity index is 2.07. The Bertz CT molecular complexity index is 533. The summed E-state index contributed by atoms with van der Waals surface area (Å²) in [5, 5.41) is 8.88. The molecule has 4 heteroatoms. The Morgan fingerprint density at radius 2 is 1.73 bits per heavy atom. The lowest BCUT2D eigenvalue weighted by Gasteiger charge is -2.36. The zero-order valence-electron chi connectivity index (χ0n) is 13.4. The minimum atomic E-state index is -0.999. The van der Waals surface area contributed by atoms with Crippen LogP contribution >= 0.6 is 0 Å². The van der Waals surface area contributed by atoms with Crippen LogP contribution < -0.4 is 0 Å². The second kappa shape index (κ2) is 6.95. The van der Waals surface area contributed by atoms with Crippen molar-refractivity contribution in [2.75, 3.05) is 0 Å². The van der Waals surface area contributed by atoms with Gasteiger partial charge in [0.2, 0.25) is 0 Å². The number of benzene rings is 1. The number of ether oxygens (including phenoxy) is 1. The number of carboxylic acid groups (broad SMARTS) is 1. The summed E-state index contributed by atoms with van der Waals surface area (Å²) in [6.07, 6.45) is 3.14. The number of hydrogen-bond acceptors (Lipinski definition) is 3. The molecule has 1 N–H and O–H groups in total. The van der Waals surface area contributed by atoms with Gasteiger partial charge in [-0.3, -0.25) is 0 Å². The first-order valence-electron chi connectivity index (χ1n) is 7.92. The second-order valence-electron chi connectivity index (χ2n) is 6.65. The van der Waals surface area contributed by atoms with Gasteiger partial charge < -0.3 is 9.84 Å². The molecular formula is C18H24O4. The number of carboxylic acids is 1. The third kappa shape index (κ3) is 3.87. The summed E-state index contributed by atoms with van der Waals surface area (Å²) in [5.41, 5.74) is 0.577. The SMILES string of the molecule is CC(C)[C@@H]1CC[C@@H](C)C[C@H]1OC(=O)c1ccc(C(=O)O)cc1. The van der Waals surface area contributed by atoms with E-state index < -0.39 is 5.97 Å². The van der Waals surface area contributed by atoms with Crippen molar-refractivity contribution < 1.29 is 19.4 Å². The van der Waals surface area contributed by atoms with E-state index in [1.807, 2.05) is 0 Å². The molecule has 3 atom stereocenters. The lowest BCUT2D eigenvalue weighted by atomic mass is 9.75. The summed E-state index contributed by atoms with van der Waals surface area (Å²) >= 11 is 0. The minimum absolute atomic E-state index is 0.0459. The van der Waals surface area contributed by atoms with E-state index >= 15 is 0 Å². The molecule has 0 heterocycles. The second-order valence-corrected chi connectivity index (χ2v) is 6.65. The van der Waals surface area contributed by atoms with Gasteiger partial charge in [0.15, 0.2) is 0 Å². The summed E-state index contributed by atoms with van der Waals surface area (Å²) in [6, 6.07) is 5.90. The topological polar surface area (TPSA) is 63.6 Å².